The van der Waals surface area contributed by atoms with E-state index in [2.05, 4.69) is 9.97 Å². The fraction of sp³-hybridized carbons (Fsp3) is 0. The Morgan fingerprint density at radius 2 is 1.85 bits per heavy atom. The van der Waals surface area contributed by atoms with Gasteiger partial charge in [-0.05, 0) is 6.07 Å². The van der Waals surface area contributed by atoms with Crippen molar-refractivity contribution in [3.8, 4) is 0 Å². The Labute approximate surface area is 75.0 Å². The van der Waals surface area contributed by atoms with Gasteiger partial charge in [0.2, 0.25) is 0 Å². The summed E-state index contributed by atoms with van der Waals surface area (Å²) in [4.78, 5) is 8.06. The van der Waals surface area contributed by atoms with Crippen LogP contribution in [0.25, 0.3) is 11.0 Å². The first kappa shape index (κ1) is 8.16. The van der Waals surface area contributed by atoms with Crippen molar-refractivity contribution >= 4 is 23.6 Å². The molecule has 0 amide bonds. The fourth-order valence-electron chi connectivity index (χ4n) is 1.22. The maximum atomic E-state index is 9.01. The van der Waals surface area contributed by atoms with Gasteiger partial charge in [-0.1, -0.05) is 12.1 Å². The lowest BCUT2D eigenvalue weighted by atomic mass is 9.79. The maximum absolute atomic E-state index is 9.01. The normalized spacial score (nSPS) is 10.3. The lowest BCUT2D eigenvalue weighted by Crippen LogP contribution is -2.30. The predicted molar refractivity (Wildman–Crippen MR) is 49.4 cm³/mol. The molecule has 0 bridgehead atoms. The van der Waals surface area contributed by atoms with E-state index >= 15 is 0 Å². The number of nitrogens with zero attached hydrogens (tertiary/aromatic N) is 2. The van der Waals surface area contributed by atoms with E-state index in [-0.39, 0.29) is 0 Å². The van der Waals surface area contributed by atoms with E-state index < -0.39 is 7.12 Å². The molecule has 64 valence electrons. The van der Waals surface area contributed by atoms with Crippen LogP contribution in [0.2, 0.25) is 0 Å². The van der Waals surface area contributed by atoms with Gasteiger partial charge in [-0.15, -0.1) is 0 Å². The topological polar surface area (TPSA) is 66.2 Å². The molecule has 4 nitrogen and oxygen atoms in total. The summed E-state index contributed by atoms with van der Waals surface area (Å²) in [6.45, 7) is 0. The molecule has 2 aromatic rings. The zero-order valence-corrected chi connectivity index (χ0v) is 6.75. The Kier molecular flexibility index (Phi) is 1.96. The van der Waals surface area contributed by atoms with E-state index in [1.54, 1.807) is 24.4 Å². The number of rotatable bonds is 1. The Balaban J connectivity index is 2.76. The third kappa shape index (κ3) is 1.39. The third-order valence-electron chi connectivity index (χ3n) is 1.81. The highest BCUT2D eigenvalue weighted by molar-refractivity contribution is 6.61. The first-order valence-electron chi connectivity index (χ1n) is 3.85. The molecule has 5 heteroatoms. The number of hydrogen-bond donors (Lipinski definition) is 2. The molecule has 0 spiro atoms. The van der Waals surface area contributed by atoms with Crippen molar-refractivity contribution < 1.29 is 10.0 Å². The highest BCUT2D eigenvalue weighted by Crippen LogP contribution is 2.03. The maximum Gasteiger partial charge on any atom is 0.490 e. The van der Waals surface area contributed by atoms with Gasteiger partial charge in [0.05, 0.1) is 11.0 Å². The van der Waals surface area contributed by atoms with Gasteiger partial charge in [-0.3, -0.25) is 9.97 Å². The molecule has 2 N–H and O–H groups in total. The monoisotopic (exact) mass is 174 g/mol. The highest BCUT2D eigenvalue weighted by Gasteiger charge is 2.14. The van der Waals surface area contributed by atoms with Gasteiger partial charge in [-0.2, -0.15) is 0 Å². The molecular weight excluding hydrogens is 167 g/mol. The molecule has 1 aromatic heterocycles. The number of aromatic nitrogens is 2. The third-order valence-corrected chi connectivity index (χ3v) is 1.81. The van der Waals surface area contributed by atoms with Crippen LogP contribution >= 0.6 is 0 Å². The minimum Gasteiger partial charge on any atom is -0.423 e. The summed E-state index contributed by atoms with van der Waals surface area (Å²) >= 11 is 0. The number of hydrogen-bond acceptors (Lipinski definition) is 4. The number of fused-ring (bicyclic) bond motifs is 1. The minimum absolute atomic E-state index is 0.380. The van der Waals surface area contributed by atoms with Gasteiger partial charge < -0.3 is 10.0 Å². The standard InChI is InChI=1S/C8H7BN2O2/c12-9(13)6-2-1-3-7-8(6)11-5-4-10-7/h1-5,12-13H. The van der Waals surface area contributed by atoms with Crippen molar-refractivity contribution in [2.24, 2.45) is 0 Å². The zero-order valence-electron chi connectivity index (χ0n) is 6.75. The van der Waals surface area contributed by atoms with Crippen LogP contribution in [0.5, 0.6) is 0 Å². The Morgan fingerprint density at radius 1 is 1.08 bits per heavy atom. The lowest BCUT2D eigenvalue weighted by molar-refractivity contribution is 0.426. The summed E-state index contributed by atoms with van der Waals surface area (Å²) in [5.41, 5.74) is 1.57. The van der Waals surface area contributed by atoms with Crippen LogP contribution in [0.1, 0.15) is 0 Å². The molecule has 0 unspecified atom stereocenters. The SMILES string of the molecule is OB(O)c1cccc2nccnc12. The van der Waals surface area contributed by atoms with E-state index in [1.807, 2.05) is 0 Å². The summed E-state index contributed by atoms with van der Waals surface area (Å²) in [5.74, 6) is 0. The van der Waals surface area contributed by atoms with E-state index in [0.29, 0.717) is 16.5 Å². The van der Waals surface area contributed by atoms with Gasteiger partial charge in [0.15, 0.2) is 0 Å². The molecule has 0 fully saturated rings. The van der Waals surface area contributed by atoms with Crippen LogP contribution in [0, 0.1) is 0 Å². The lowest BCUT2D eigenvalue weighted by Gasteiger charge is -2.02. The molecule has 0 aliphatic rings. The van der Waals surface area contributed by atoms with E-state index in [0.717, 1.165) is 0 Å². The fourth-order valence-corrected chi connectivity index (χ4v) is 1.22. The molecule has 0 saturated heterocycles. The molecule has 0 atom stereocenters. The quantitative estimate of drug-likeness (QED) is 0.561. The van der Waals surface area contributed by atoms with Gasteiger partial charge in [0.1, 0.15) is 0 Å². The van der Waals surface area contributed by atoms with E-state index in [9.17, 15) is 0 Å². The molecule has 13 heavy (non-hydrogen) atoms. The number of benzene rings is 1. The Morgan fingerprint density at radius 3 is 2.62 bits per heavy atom. The molecule has 1 aromatic carbocycles. The van der Waals surface area contributed by atoms with Crippen LogP contribution in [-0.2, 0) is 0 Å². The average molecular weight is 174 g/mol. The van der Waals surface area contributed by atoms with Crippen LogP contribution in [-0.4, -0.2) is 27.1 Å². The first-order valence-corrected chi connectivity index (χ1v) is 3.85. The summed E-state index contributed by atoms with van der Waals surface area (Å²) in [6.07, 6.45) is 3.09. The molecule has 0 radical (unpaired) electrons. The van der Waals surface area contributed by atoms with Crippen LogP contribution in [0.3, 0.4) is 0 Å². The summed E-state index contributed by atoms with van der Waals surface area (Å²) < 4.78 is 0. The second-order valence-electron chi connectivity index (χ2n) is 2.64. The summed E-state index contributed by atoms with van der Waals surface area (Å²) in [7, 11) is -1.50. The number of para-hydroxylation sites is 1. The van der Waals surface area contributed by atoms with Crippen molar-refractivity contribution in [3.05, 3.63) is 30.6 Å². The smallest absolute Gasteiger partial charge is 0.423 e. The van der Waals surface area contributed by atoms with Gasteiger partial charge in [0.25, 0.3) is 0 Å². The average Bonchev–Trinajstić information content (AvgIpc) is 2.17. The van der Waals surface area contributed by atoms with Crippen LogP contribution in [0.4, 0.5) is 0 Å². The second-order valence-corrected chi connectivity index (χ2v) is 2.64. The molecular formula is C8H7BN2O2. The van der Waals surface area contributed by atoms with Gasteiger partial charge in [-0.25, -0.2) is 0 Å². The molecule has 1 heterocycles. The summed E-state index contributed by atoms with van der Waals surface area (Å²) in [5, 5.41) is 18.0. The zero-order chi connectivity index (χ0) is 9.26. The van der Waals surface area contributed by atoms with E-state index in [1.165, 1.54) is 6.20 Å². The Bertz CT molecular complexity index is 428. The van der Waals surface area contributed by atoms with Gasteiger partial charge in [0, 0.05) is 17.9 Å². The second kappa shape index (κ2) is 3.12. The highest BCUT2D eigenvalue weighted by atomic mass is 16.4. The van der Waals surface area contributed by atoms with Gasteiger partial charge >= 0.3 is 7.12 Å². The minimum atomic E-state index is -1.50. The largest absolute Gasteiger partial charge is 0.490 e. The first-order chi connectivity index (χ1) is 6.29. The molecule has 0 aliphatic carbocycles. The van der Waals surface area contributed by atoms with Crippen LogP contribution < -0.4 is 5.46 Å². The van der Waals surface area contributed by atoms with Crippen molar-refractivity contribution in [2.75, 3.05) is 0 Å². The van der Waals surface area contributed by atoms with Crippen molar-refractivity contribution in [1.82, 2.24) is 9.97 Å². The van der Waals surface area contributed by atoms with Crippen molar-refractivity contribution in [2.45, 2.75) is 0 Å². The summed E-state index contributed by atoms with van der Waals surface area (Å²) in [6, 6.07) is 5.10. The van der Waals surface area contributed by atoms with Crippen molar-refractivity contribution in [3.63, 3.8) is 0 Å². The molecule has 2 rings (SSSR count). The predicted octanol–water partition coefficient (Wildman–Crippen LogP) is -0.690. The Hall–Kier alpha value is -1.46. The molecule has 0 aliphatic heterocycles. The van der Waals surface area contributed by atoms with Crippen molar-refractivity contribution in [1.29, 1.82) is 0 Å². The van der Waals surface area contributed by atoms with Crippen LogP contribution in [0.15, 0.2) is 30.6 Å². The van der Waals surface area contributed by atoms with E-state index in [4.69, 9.17) is 10.0 Å². The molecule has 0 saturated carbocycles.